The molecular formula is C14H12N4O4S. The molecule has 0 aliphatic heterocycles. The Morgan fingerprint density at radius 1 is 1.04 bits per heavy atom. The molecule has 0 bridgehead atoms. The molecule has 2 N–H and O–H groups in total. The van der Waals surface area contributed by atoms with Crippen LogP contribution in [0.1, 0.15) is 5.56 Å². The molecule has 0 radical (unpaired) electrons. The molecule has 0 aliphatic rings. The first-order chi connectivity index (χ1) is 10.9. The highest BCUT2D eigenvalue weighted by atomic mass is 32.1. The minimum atomic E-state index is -0.508. The van der Waals surface area contributed by atoms with Gasteiger partial charge in [-0.25, -0.2) is 0 Å². The van der Waals surface area contributed by atoms with Crippen molar-refractivity contribution in [3.8, 4) is 0 Å². The van der Waals surface area contributed by atoms with Crippen molar-refractivity contribution in [3.63, 3.8) is 0 Å². The molecule has 23 heavy (non-hydrogen) atoms. The Kier molecular flexibility index (Phi) is 4.82. The Labute approximate surface area is 136 Å². The normalized spacial score (nSPS) is 9.96. The second-order valence-corrected chi connectivity index (χ2v) is 5.00. The molecule has 0 heterocycles. The van der Waals surface area contributed by atoms with E-state index in [2.05, 4.69) is 10.6 Å². The Hall–Kier alpha value is -3.07. The van der Waals surface area contributed by atoms with E-state index in [0.717, 1.165) is 0 Å². The molecule has 0 aliphatic carbocycles. The van der Waals surface area contributed by atoms with Crippen LogP contribution in [0.3, 0.4) is 0 Å². The van der Waals surface area contributed by atoms with Crippen LogP contribution in [-0.2, 0) is 0 Å². The summed E-state index contributed by atoms with van der Waals surface area (Å²) in [5.41, 5.74) is 1.29. The van der Waals surface area contributed by atoms with Crippen LogP contribution in [0.2, 0.25) is 0 Å². The molecule has 2 aromatic rings. The van der Waals surface area contributed by atoms with Crippen LogP contribution >= 0.6 is 12.2 Å². The van der Waals surface area contributed by atoms with Crippen molar-refractivity contribution >= 4 is 40.1 Å². The fourth-order valence-electron chi connectivity index (χ4n) is 1.94. The molecule has 0 spiro atoms. The Morgan fingerprint density at radius 3 is 2.39 bits per heavy atom. The summed E-state index contributed by atoms with van der Waals surface area (Å²) >= 11 is 5.13. The summed E-state index contributed by atoms with van der Waals surface area (Å²) < 4.78 is 0. The van der Waals surface area contributed by atoms with Gasteiger partial charge in [-0.1, -0.05) is 12.1 Å². The van der Waals surface area contributed by atoms with Crippen molar-refractivity contribution in [3.05, 3.63) is 68.3 Å². The molecule has 118 valence electrons. The lowest BCUT2D eigenvalue weighted by molar-refractivity contribution is -0.385. The summed E-state index contributed by atoms with van der Waals surface area (Å²) in [6.07, 6.45) is 0. The zero-order valence-corrected chi connectivity index (χ0v) is 12.8. The number of benzene rings is 2. The number of nitrogens with one attached hydrogen (secondary N) is 2. The fraction of sp³-hybridized carbons (Fsp3) is 0.0714. The van der Waals surface area contributed by atoms with Crippen molar-refractivity contribution in [2.45, 2.75) is 6.92 Å². The first-order valence-corrected chi connectivity index (χ1v) is 6.86. The lowest BCUT2D eigenvalue weighted by Gasteiger charge is -2.12. The van der Waals surface area contributed by atoms with Crippen LogP contribution in [0.5, 0.6) is 0 Å². The smallest absolute Gasteiger partial charge is 0.274 e. The first kappa shape index (κ1) is 16.3. The highest BCUT2D eigenvalue weighted by Gasteiger charge is 2.14. The van der Waals surface area contributed by atoms with Gasteiger partial charge in [0, 0.05) is 23.9 Å². The number of nitro benzene ring substituents is 2. The molecule has 0 amide bonds. The summed E-state index contributed by atoms with van der Waals surface area (Å²) in [7, 11) is 0. The summed E-state index contributed by atoms with van der Waals surface area (Å²) in [5, 5.41) is 27.5. The maximum absolute atomic E-state index is 10.9. The van der Waals surface area contributed by atoms with Gasteiger partial charge in [-0.05, 0) is 31.3 Å². The lowest BCUT2D eigenvalue weighted by Crippen LogP contribution is -2.19. The third-order valence-electron chi connectivity index (χ3n) is 3.06. The lowest BCUT2D eigenvalue weighted by atomic mass is 10.1. The minimum absolute atomic E-state index is 0.0202. The molecule has 0 saturated heterocycles. The Morgan fingerprint density at radius 2 is 1.74 bits per heavy atom. The molecule has 0 saturated carbocycles. The van der Waals surface area contributed by atoms with Gasteiger partial charge >= 0.3 is 0 Å². The quantitative estimate of drug-likeness (QED) is 0.500. The van der Waals surface area contributed by atoms with Gasteiger partial charge < -0.3 is 10.6 Å². The number of rotatable bonds is 4. The molecular weight excluding hydrogens is 320 g/mol. The largest absolute Gasteiger partial charge is 0.332 e. The van der Waals surface area contributed by atoms with E-state index in [1.807, 2.05) is 0 Å². The maximum Gasteiger partial charge on any atom is 0.274 e. The fourth-order valence-corrected chi connectivity index (χ4v) is 2.17. The molecule has 9 heteroatoms. The SMILES string of the molecule is Cc1c(NC(=S)Nc2cccc([N+](=O)[O-])c2)cccc1[N+](=O)[O-]. The van der Waals surface area contributed by atoms with Crippen molar-refractivity contribution < 1.29 is 9.85 Å². The Bertz CT molecular complexity index is 794. The van der Waals surface area contributed by atoms with Crippen LogP contribution in [0, 0.1) is 27.2 Å². The van der Waals surface area contributed by atoms with E-state index in [9.17, 15) is 20.2 Å². The van der Waals surface area contributed by atoms with Crippen LogP contribution in [0.4, 0.5) is 22.7 Å². The predicted molar refractivity (Wildman–Crippen MR) is 90.8 cm³/mol. The number of nitro groups is 2. The van der Waals surface area contributed by atoms with Crippen molar-refractivity contribution in [2.24, 2.45) is 0 Å². The van der Waals surface area contributed by atoms with Gasteiger partial charge in [0.25, 0.3) is 11.4 Å². The van der Waals surface area contributed by atoms with Gasteiger partial charge in [-0.3, -0.25) is 20.2 Å². The number of hydrogen-bond acceptors (Lipinski definition) is 5. The highest BCUT2D eigenvalue weighted by molar-refractivity contribution is 7.80. The van der Waals surface area contributed by atoms with E-state index >= 15 is 0 Å². The number of thiocarbonyl (C=S) groups is 1. The van der Waals surface area contributed by atoms with E-state index in [1.165, 1.54) is 24.3 Å². The van der Waals surface area contributed by atoms with Gasteiger partial charge in [-0.15, -0.1) is 0 Å². The van der Waals surface area contributed by atoms with Gasteiger partial charge in [0.1, 0.15) is 0 Å². The molecule has 0 aromatic heterocycles. The first-order valence-electron chi connectivity index (χ1n) is 6.45. The minimum Gasteiger partial charge on any atom is -0.332 e. The standard InChI is InChI=1S/C14H12N4O4S/c1-9-12(6-3-7-13(9)18(21)22)16-14(23)15-10-4-2-5-11(8-10)17(19)20/h2-8H,1H3,(H2,15,16,23). The van der Waals surface area contributed by atoms with E-state index in [1.54, 1.807) is 25.1 Å². The van der Waals surface area contributed by atoms with E-state index < -0.39 is 9.85 Å². The third-order valence-corrected chi connectivity index (χ3v) is 3.27. The maximum atomic E-state index is 10.9. The monoisotopic (exact) mass is 332 g/mol. The summed E-state index contributed by atoms with van der Waals surface area (Å²) in [4.78, 5) is 20.7. The molecule has 2 aromatic carbocycles. The average molecular weight is 332 g/mol. The molecule has 8 nitrogen and oxygen atoms in total. The number of anilines is 2. The van der Waals surface area contributed by atoms with Crippen molar-refractivity contribution in [1.82, 2.24) is 0 Å². The topological polar surface area (TPSA) is 110 Å². The van der Waals surface area contributed by atoms with Gasteiger partial charge in [0.15, 0.2) is 5.11 Å². The molecule has 0 fully saturated rings. The zero-order chi connectivity index (χ0) is 17.0. The van der Waals surface area contributed by atoms with Crippen LogP contribution < -0.4 is 10.6 Å². The van der Waals surface area contributed by atoms with E-state index in [-0.39, 0.29) is 16.5 Å². The predicted octanol–water partition coefficient (Wildman–Crippen LogP) is 3.62. The van der Waals surface area contributed by atoms with Gasteiger partial charge in [-0.2, -0.15) is 0 Å². The summed E-state index contributed by atoms with van der Waals surface area (Å²) in [5.74, 6) is 0. The number of hydrogen-bond donors (Lipinski definition) is 2. The molecule has 2 rings (SSSR count). The second-order valence-electron chi connectivity index (χ2n) is 4.59. The number of nitrogens with zero attached hydrogens (tertiary/aromatic N) is 2. The van der Waals surface area contributed by atoms with Crippen molar-refractivity contribution in [1.29, 1.82) is 0 Å². The molecule has 0 unspecified atom stereocenters. The summed E-state index contributed by atoms with van der Waals surface area (Å²) in [6, 6.07) is 10.5. The third kappa shape index (κ3) is 3.98. The summed E-state index contributed by atoms with van der Waals surface area (Å²) in [6.45, 7) is 1.61. The highest BCUT2D eigenvalue weighted by Crippen LogP contribution is 2.25. The average Bonchev–Trinajstić information content (AvgIpc) is 2.49. The number of non-ortho nitro benzene ring substituents is 1. The van der Waals surface area contributed by atoms with Crippen LogP contribution in [-0.4, -0.2) is 15.0 Å². The zero-order valence-electron chi connectivity index (χ0n) is 12.0. The van der Waals surface area contributed by atoms with Gasteiger partial charge in [0.05, 0.1) is 21.1 Å². The van der Waals surface area contributed by atoms with E-state index in [0.29, 0.717) is 16.9 Å². The molecule has 0 atom stereocenters. The van der Waals surface area contributed by atoms with Crippen molar-refractivity contribution in [2.75, 3.05) is 10.6 Å². The van der Waals surface area contributed by atoms with Gasteiger partial charge in [0.2, 0.25) is 0 Å². The second kappa shape index (κ2) is 6.79. The Balaban J connectivity index is 2.14. The van der Waals surface area contributed by atoms with Crippen LogP contribution in [0.25, 0.3) is 0 Å². The van der Waals surface area contributed by atoms with Crippen LogP contribution in [0.15, 0.2) is 42.5 Å². The van der Waals surface area contributed by atoms with E-state index in [4.69, 9.17) is 12.2 Å².